The van der Waals surface area contributed by atoms with Crippen molar-refractivity contribution < 1.29 is 22.7 Å². The van der Waals surface area contributed by atoms with E-state index in [1.165, 1.54) is 4.90 Å². The maximum absolute atomic E-state index is 12.2. The molecule has 0 aromatic carbocycles. The minimum absolute atomic E-state index is 0.0279. The van der Waals surface area contributed by atoms with E-state index in [2.05, 4.69) is 5.32 Å². The van der Waals surface area contributed by atoms with E-state index in [1.54, 1.807) is 27.8 Å². The first-order valence-corrected chi connectivity index (χ1v) is 9.67. The van der Waals surface area contributed by atoms with Gasteiger partial charge in [-0.1, -0.05) is 6.42 Å². The maximum Gasteiger partial charge on any atom is 0.410 e. The zero-order valence-electron chi connectivity index (χ0n) is 14.4. The molecule has 1 aliphatic heterocycles. The summed E-state index contributed by atoms with van der Waals surface area (Å²) in [6.45, 7) is 5.73. The predicted octanol–water partition coefficient (Wildman–Crippen LogP) is 1.33. The van der Waals surface area contributed by atoms with Gasteiger partial charge in [0.25, 0.3) is 0 Å². The Labute approximate surface area is 138 Å². The lowest BCUT2D eigenvalue weighted by Gasteiger charge is -2.39. The standard InChI is InChI=1S/C15H28N2O5S/c1-15(2,3)22-14(19)17-10-12(11-17)23(20,21)9-7-5-6-8-13(18)16-4/h12H,5-11H2,1-4H3,(H,16,18). The lowest BCUT2D eigenvalue weighted by Crippen LogP contribution is -2.58. The smallest absolute Gasteiger partial charge is 0.410 e. The number of rotatable bonds is 7. The number of amides is 2. The van der Waals surface area contributed by atoms with Gasteiger partial charge >= 0.3 is 6.09 Å². The van der Waals surface area contributed by atoms with E-state index in [1.807, 2.05) is 0 Å². The highest BCUT2D eigenvalue weighted by Crippen LogP contribution is 2.21. The van der Waals surface area contributed by atoms with Crippen molar-refractivity contribution in [3.63, 3.8) is 0 Å². The second-order valence-corrected chi connectivity index (χ2v) is 9.26. The second kappa shape index (κ2) is 7.99. The van der Waals surface area contributed by atoms with Crippen molar-refractivity contribution in [2.75, 3.05) is 25.9 Å². The van der Waals surface area contributed by atoms with E-state index in [9.17, 15) is 18.0 Å². The zero-order valence-corrected chi connectivity index (χ0v) is 15.2. The van der Waals surface area contributed by atoms with E-state index >= 15 is 0 Å². The van der Waals surface area contributed by atoms with Gasteiger partial charge in [-0.2, -0.15) is 0 Å². The molecule has 1 aliphatic rings. The molecule has 0 aromatic rings. The Hall–Kier alpha value is -1.31. The number of carbonyl (C=O) groups is 2. The summed E-state index contributed by atoms with van der Waals surface area (Å²) in [6.07, 6.45) is 1.89. The number of ether oxygens (including phenoxy) is 1. The molecule has 1 fully saturated rings. The molecule has 0 saturated carbocycles. The summed E-state index contributed by atoms with van der Waals surface area (Å²) in [5, 5.41) is 2.04. The van der Waals surface area contributed by atoms with Crippen molar-refractivity contribution in [1.82, 2.24) is 10.2 Å². The summed E-state index contributed by atoms with van der Waals surface area (Å²) in [5.74, 6) is 0.0768. The molecule has 0 unspecified atom stereocenters. The number of sulfone groups is 1. The number of hydrogen-bond acceptors (Lipinski definition) is 5. The van der Waals surface area contributed by atoms with Gasteiger partial charge in [0.05, 0.1) is 11.0 Å². The Morgan fingerprint density at radius 1 is 1.17 bits per heavy atom. The molecule has 0 aliphatic carbocycles. The average molecular weight is 348 g/mol. The number of hydrogen-bond donors (Lipinski definition) is 1. The molecule has 1 saturated heterocycles. The molecule has 0 aromatic heterocycles. The minimum Gasteiger partial charge on any atom is -0.444 e. The molecule has 1 N–H and O–H groups in total. The van der Waals surface area contributed by atoms with Crippen LogP contribution in [0.25, 0.3) is 0 Å². The fourth-order valence-electron chi connectivity index (χ4n) is 2.20. The largest absolute Gasteiger partial charge is 0.444 e. The van der Waals surface area contributed by atoms with Crippen LogP contribution in [0.15, 0.2) is 0 Å². The quantitative estimate of drug-likeness (QED) is 0.701. The SMILES string of the molecule is CNC(=O)CCCCCS(=O)(=O)C1CN(C(=O)OC(C)(C)C)C1. The molecule has 1 heterocycles. The van der Waals surface area contributed by atoms with Crippen LogP contribution in [0, 0.1) is 0 Å². The monoisotopic (exact) mass is 348 g/mol. The molecule has 23 heavy (non-hydrogen) atoms. The van der Waals surface area contributed by atoms with E-state index in [0.717, 1.165) is 0 Å². The predicted molar refractivity (Wildman–Crippen MR) is 87.9 cm³/mol. The van der Waals surface area contributed by atoms with Gasteiger partial charge in [-0.25, -0.2) is 13.2 Å². The van der Waals surface area contributed by atoms with Crippen molar-refractivity contribution in [3.8, 4) is 0 Å². The first-order valence-electron chi connectivity index (χ1n) is 7.95. The van der Waals surface area contributed by atoms with Crippen LogP contribution in [0.5, 0.6) is 0 Å². The summed E-state index contributed by atoms with van der Waals surface area (Å²) in [4.78, 5) is 24.2. The van der Waals surface area contributed by atoms with Crippen molar-refractivity contribution >= 4 is 21.8 Å². The molecule has 0 radical (unpaired) electrons. The van der Waals surface area contributed by atoms with Crippen molar-refractivity contribution in [3.05, 3.63) is 0 Å². The Bertz CT molecular complexity index is 518. The van der Waals surface area contributed by atoms with Gasteiger partial charge in [0.15, 0.2) is 9.84 Å². The van der Waals surface area contributed by atoms with E-state index in [-0.39, 0.29) is 24.7 Å². The summed E-state index contributed by atoms with van der Waals surface area (Å²) >= 11 is 0. The van der Waals surface area contributed by atoms with Crippen LogP contribution < -0.4 is 5.32 Å². The minimum atomic E-state index is -3.19. The van der Waals surface area contributed by atoms with E-state index < -0.39 is 26.8 Å². The summed E-state index contributed by atoms with van der Waals surface area (Å²) in [6, 6.07) is 0. The number of likely N-dealkylation sites (tertiary alicyclic amines) is 1. The van der Waals surface area contributed by atoms with Crippen LogP contribution >= 0.6 is 0 Å². The van der Waals surface area contributed by atoms with Gasteiger partial charge in [-0.15, -0.1) is 0 Å². The fourth-order valence-corrected chi connectivity index (χ4v) is 3.95. The van der Waals surface area contributed by atoms with Gasteiger partial charge in [0.1, 0.15) is 5.60 Å². The molecule has 7 nitrogen and oxygen atoms in total. The molecule has 0 spiro atoms. The van der Waals surface area contributed by atoms with Crippen molar-refractivity contribution in [2.24, 2.45) is 0 Å². The van der Waals surface area contributed by atoms with Crippen molar-refractivity contribution in [2.45, 2.75) is 57.3 Å². The topological polar surface area (TPSA) is 92.8 Å². The van der Waals surface area contributed by atoms with E-state index in [4.69, 9.17) is 4.74 Å². The first kappa shape index (κ1) is 19.7. The Kier molecular flexibility index (Phi) is 6.85. The van der Waals surface area contributed by atoms with Gasteiger partial charge in [-0.3, -0.25) is 4.79 Å². The molecule has 0 bridgehead atoms. The van der Waals surface area contributed by atoms with Crippen LogP contribution in [0.3, 0.4) is 0 Å². The molecular weight excluding hydrogens is 320 g/mol. The molecule has 2 amide bonds. The zero-order chi connectivity index (χ0) is 17.7. The van der Waals surface area contributed by atoms with Crippen molar-refractivity contribution in [1.29, 1.82) is 0 Å². The molecule has 8 heteroatoms. The highest BCUT2D eigenvalue weighted by atomic mass is 32.2. The number of nitrogens with zero attached hydrogens (tertiary/aromatic N) is 1. The average Bonchev–Trinajstić information content (AvgIpc) is 2.33. The normalized spacial score (nSPS) is 15.9. The van der Waals surface area contributed by atoms with Crippen LogP contribution in [0.2, 0.25) is 0 Å². The number of unbranched alkanes of at least 4 members (excludes halogenated alkanes) is 2. The van der Waals surface area contributed by atoms with Gasteiger partial charge in [0.2, 0.25) is 5.91 Å². The fraction of sp³-hybridized carbons (Fsp3) is 0.867. The Morgan fingerprint density at radius 3 is 2.30 bits per heavy atom. The lowest BCUT2D eigenvalue weighted by atomic mass is 10.2. The third kappa shape index (κ3) is 6.76. The van der Waals surface area contributed by atoms with Crippen LogP contribution in [0.4, 0.5) is 4.79 Å². The van der Waals surface area contributed by atoms with Gasteiger partial charge < -0.3 is 15.0 Å². The maximum atomic E-state index is 12.2. The van der Waals surface area contributed by atoms with Gasteiger partial charge in [-0.05, 0) is 33.6 Å². The third-order valence-electron chi connectivity index (χ3n) is 3.62. The molecular formula is C15H28N2O5S. The highest BCUT2D eigenvalue weighted by molar-refractivity contribution is 7.92. The van der Waals surface area contributed by atoms with E-state index in [0.29, 0.717) is 25.7 Å². The number of carbonyl (C=O) groups excluding carboxylic acids is 2. The molecule has 1 rings (SSSR count). The summed E-state index contributed by atoms with van der Waals surface area (Å²) in [5.41, 5.74) is -0.578. The first-order chi connectivity index (χ1) is 10.5. The Morgan fingerprint density at radius 2 is 1.78 bits per heavy atom. The Balaban J connectivity index is 2.27. The third-order valence-corrected chi connectivity index (χ3v) is 5.79. The second-order valence-electron chi connectivity index (χ2n) is 6.86. The van der Waals surface area contributed by atoms with Crippen LogP contribution in [-0.2, 0) is 19.4 Å². The lowest BCUT2D eigenvalue weighted by molar-refractivity contribution is -0.120. The molecule has 0 atom stereocenters. The van der Waals surface area contributed by atoms with Gasteiger partial charge in [0, 0.05) is 26.6 Å². The summed E-state index contributed by atoms with van der Waals surface area (Å²) < 4.78 is 29.5. The highest BCUT2D eigenvalue weighted by Gasteiger charge is 2.40. The number of nitrogens with one attached hydrogen (secondary N) is 1. The van der Waals surface area contributed by atoms with Crippen LogP contribution in [-0.4, -0.2) is 62.1 Å². The molecule has 134 valence electrons. The van der Waals surface area contributed by atoms with Crippen LogP contribution in [0.1, 0.15) is 46.5 Å². The summed E-state index contributed by atoms with van der Waals surface area (Å²) in [7, 11) is -1.61.